The highest BCUT2D eigenvalue weighted by molar-refractivity contribution is 14.0. The van der Waals surface area contributed by atoms with Crippen molar-refractivity contribution in [2.75, 3.05) is 26.7 Å². The number of halogens is 5. The van der Waals surface area contributed by atoms with E-state index in [1.54, 1.807) is 31.4 Å². The van der Waals surface area contributed by atoms with Crippen LogP contribution in [-0.2, 0) is 6.54 Å². The second-order valence-corrected chi connectivity index (χ2v) is 6.96. The SMILES string of the molecule is CN=C(NCc1ccc(Oc2cccnc2)c(F)c1)NC1CCN(CC(F)(F)F)C1.I. The summed E-state index contributed by atoms with van der Waals surface area (Å²) in [5.74, 6) is 0.456. The number of benzene rings is 1. The van der Waals surface area contributed by atoms with Gasteiger partial charge < -0.3 is 15.4 Å². The molecule has 1 aromatic carbocycles. The van der Waals surface area contributed by atoms with Crippen LogP contribution in [0.3, 0.4) is 0 Å². The molecule has 0 radical (unpaired) electrons. The molecule has 1 unspecified atom stereocenters. The summed E-state index contributed by atoms with van der Waals surface area (Å²) in [7, 11) is 1.57. The van der Waals surface area contributed by atoms with Gasteiger partial charge in [0, 0.05) is 38.9 Å². The molecule has 1 aromatic heterocycles. The Hall–Kier alpha value is -2.15. The van der Waals surface area contributed by atoms with Crippen LogP contribution >= 0.6 is 24.0 Å². The van der Waals surface area contributed by atoms with Crippen LogP contribution in [0.5, 0.6) is 11.5 Å². The molecule has 1 saturated heterocycles. The number of nitrogens with one attached hydrogen (secondary N) is 2. The van der Waals surface area contributed by atoms with Gasteiger partial charge in [-0.3, -0.25) is 14.9 Å². The number of aromatic nitrogens is 1. The Kier molecular flexibility index (Phi) is 9.29. The summed E-state index contributed by atoms with van der Waals surface area (Å²) in [6, 6.07) is 7.84. The lowest BCUT2D eigenvalue weighted by Crippen LogP contribution is -2.44. The first-order valence-electron chi connectivity index (χ1n) is 9.45. The number of alkyl halides is 3. The summed E-state index contributed by atoms with van der Waals surface area (Å²) in [6.45, 7) is 0.0414. The first-order valence-corrected chi connectivity index (χ1v) is 9.45. The second-order valence-electron chi connectivity index (χ2n) is 6.96. The molecular weight excluding hydrogens is 529 g/mol. The summed E-state index contributed by atoms with van der Waals surface area (Å²) < 4.78 is 57.3. The van der Waals surface area contributed by atoms with Crippen molar-refractivity contribution in [3.63, 3.8) is 0 Å². The average molecular weight is 553 g/mol. The summed E-state index contributed by atoms with van der Waals surface area (Å²) in [5.41, 5.74) is 0.666. The molecule has 170 valence electrons. The van der Waals surface area contributed by atoms with Crippen molar-refractivity contribution in [2.24, 2.45) is 4.99 Å². The molecular formula is C20H24F4IN5O. The van der Waals surface area contributed by atoms with Crippen molar-refractivity contribution in [2.45, 2.75) is 25.2 Å². The highest BCUT2D eigenvalue weighted by atomic mass is 127. The molecule has 2 heterocycles. The number of guanidine groups is 1. The zero-order chi connectivity index (χ0) is 21.6. The number of pyridine rings is 1. The van der Waals surface area contributed by atoms with Gasteiger partial charge >= 0.3 is 6.18 Å². The van der Waals surface area contributed by atoms with Crippen LogP contribution < -0.4 is 15.4 Å². The Labute approximate surface area is 195 Å². The molecule has 11 heteroatoms. The van der Waals surface area contributed by atoms with Crippen molar-refractivity contribution >= 4 is 29.9 Å². The third-order valence-electron chi connectivity index (χ3n) is 4.56. The second kappa shape index (κ2) is 11.5. The lowest BCUT2D eigenvalue weighted by molar-refractivity contribution is -0.143. The van der Waals surface area contributed by atoms with Gasteiger partial charge in [-0.25, -0.2) is 4.39 Å². The fraction of sp³-hybridized carbons (Fsp3) is 0.400. The van der Waals surface area contributed by atoms with Gasteiger partial charge in [-0.15, -0.1) is 24.0 Å². The molecule has 0 spiro atoms. The topological polar surface area (TPSA) is 61.8 Å². The maximum atomic E-state index is 14.3. The van der Waals surface area contributed by atoms with Gasteiger partial charge in [-0.1, -0.05) is 6.07 Å². The lowest BCUT2D eigenvalue weighted by atomic mass is 10.2. The summed E-state index contributed by atoms with van der Waals surface area (Å²) in [5, 5.41) is 6.17. The van der Waals surface area contributed by atoms with Crippen LogP contribution in [0.25, 0.3) is 0 Å². The van der Waals surface area contributed by atoms with E-state index < -0.39 is 18.5 Å². The van der Waals surface area contributed by atoms with E-state index in [4.69, 9.17) is 4.74 Å². The maximum Gasteiger partial charge on any atom is 0.401 e. The standard InChI is InChI=1S/C20H23F4N5O.HI/c1-25-19(28-15-6-8-29(12-15)13-20(22,23)24)27-10-14-4-5-18(17(21)9-14)30-16-3-2-7-26-11-16;/h2-5,7,9,11,15H,6,8,10,12-13H2,1H3,(H2,25,27,28);1H. The lowest BCUT2D eigenvalue weighted by Gasteiger charge is -2.20. The van der Waals surface area contributed by atoms with Crippen molar-refractivity contribution in [1.29, 1.82) is 0 Å². The molecule has 0 amide bonds. The first kappa shape index (κ1) is 25.1. The zero-order valence-corrected chi connectivity index (χ0v) is 19.2. The fourth-order valence-electron chi connectivity index (χ4n) is 3.19. The van der Waals surface area contributed by atoms with Gasteiger partial charge in [0.15, 0.2) is 17.5 Å². The molecule has 31 heavy (non-hydrogen) atoms. The van der Waals surface area contributed by atoms with Gasteiger partial charge in [-0.2, -0.15) is 13.2 Å². The minimum atomic E-state index is -4.20. The fourth-order valence-corrected chi connectivity index (χ4v) is 3.19. The number of hydrogen-bond acceptors (Lipinski definition) is 4. The van der Waals surface area contributed by atoms with E-state index in [1.165, 1.54) is 23.2 Å². The van der Waals surface area contributed by atoms with Crippen LogP contribution in [0.4, 0.5) is 17.6 Å². The Morgan fingerprint density at radius 1 is 1.32 bits per heavy atom. The van der Waals surface area contributed by atoms with Crippen molar-refractivity contribution in [1.82, 2.24) is 20.5 Å². The molecule has 2 aromatic rings. The van der Waals surface area contributed by atoms with Gasteiger partial charge in [0.25, 0.3) is 0 Å². The zero-order valence-electron chi connectivity index (χ0n) is 16.8. The predicted octanol–water partition coefficient (Wildman–Crippen LogP) is 3.93. The van der Waals surface area contributed by atoms with Crippen LogP contribution in [0.15, 0.2) is 47.7 Å². The third-order valence-corrected chi connectivity index (χ3v) is 4.56. The average Bonchev–Trinajstić information content (AvgIpc) is 3.13. The van der Waals surface area contributed by atoms with Crippen LogP contribution in [-0.4, -0.2) is 54.7 Å². The van der Waals surface area contributed by atoms with E-state index in [0.717, 1.165) is 0 Å². The highest BCUT2D eigenvalue weighted by Gasteiger charge is 2.34. The van der Waals surface area contributed by atoms with E-state index >= 15 is 0 Å². The molecule has 0 bridgehead atoms. The summed E-state index contributed by atoms with van der Waals surface area (Å²) in [4.78, 5) is 9.37. The Morgan fingerprint density at radius 2 is 2.13 bits per heavy atom. The smallest absolute Gasteiger partial charge is 0.401 e. The van der Waals surface area contributed by atoms with Gasteiger partial charge in [0.1, 0.15) is 5.75 Å². The van der Waals surface area contributed by atoms with Crippen molar-refractivity contribution in [3.05, 3.63) is 54.1 Å². The van der Waals surface area contributed by atoms with Crippen molar-refractivity contribution in [3.8, 4) is 11.5 Å². The number of likely N-dealkylation sites (tertiary alicyclic amines) is 1. The number of nitrogens with zero attached hydrogens (tertiary/aromatic N) is 3. The predicted molar refractivity (Wildman–Crippen MR) is 120 cm³/mol. The van der Waals surface area contributed by atoms with E-state index in [9.17, 15) is 17.6 Å². The monoisotopic (exact) mass is 553 g/mol. The van der Waals surface area contributed by atoms with Crippen LogP contribution in [0, 0.1) is 5.82 Å². The Morgan fingerprint density at radius 3 is 2.77 bits per heavy atom. The number of rotatable bonds is 6. The molecule has 6 nitrogen and oxygen atoms in total. The highest BCUT2D eigenvalue weighted by Crippen LogP contribution is 2.24. The third kappa shape index (κ3) is 8.13. The van der Waals surface area contributed by atoms with E-state index in [-0.39, 0.29) is 42.3 Å². The quantitative estimate of drug-likeness (QED) is 0.246. The largest absolute Gasteiger partial charge is 0.453 e. The molecule has 1 atom stereocenters. The molecule has 1 fully saturated rings. The van der Waals surface area contributed by atoms with E-state index in [1.807, 2.05) is 0 Å². The normalized spacial score (nSPS) is 17.2. The number of hydrogen-bond donors (Lipinski definition) is 2. The number of aliphatic imine (C=N–C) groups is 1. The maximum absolute atomic E-state index is 14.3. The van der Waals surface area contributed by atoms with E-state index in [0.29, 0.717) is 36.8 Å². The van der Waals surface area contributed by atoms with Gasteiger partial charge in [0.05, 0.1) is 12.7 Å². The van der Waals surface area contributed by atoms with E-state index in [2.05, 4.69) is 20.6 Å². The molecule has 0 aliphatic carbocycles. The molecule has 0 saturated carbocycles. The minimum Gasteiger partial charge on any atom is -0.453 e. The summed E-state index contributed by atoms with van der Waals surface area (Å²) in [6.07, 6.45) is -0.528. The van der Waals surface area contributed by atoms with Crippen LogP contribution in [0.2, 0.25) is 0 Å². The van der Waals surface area contributed by atoms with Crippen molar-refractivity contribution < 1.29 is 22.3 Å². The molecule has 2 N–H and O–H groups in total. The first-order chi connectivity index (χ1) is 14.3. The molecule has 3 rings (SSSR count). The summed E-state index contributed by atoms with van der Waals surface area (Å²) >= 11 is 0. The molecule has 1 aliphatic rings. The van der Waals surface area contributed by atoms with Gasteiger partial charge in [-0.05, 0) is 36.2 Å². The Balaban J connectivity index is 0.00000341. The molecule has 1 aliphatic heterocycles. The van der Waals surface area contributed by atoms with Crippen LogP contribution in [0.1, 0.15) is 12.0 Å². The number of ether oxygens (including phenoxy) is 1. The van der Waals surface area contributed by atoms with Gasteiger partial charge in [0.2, 0.25) is 0 Å². The Bertz CT molecular complexity index is 866. The minimum absolute atomic E-state index is 0.